The minimum atomic E-state index is -0.980. The van der Waals surface area contributed by atoms with Crippen molar-refractivity contribution in [3.8, 4) is 0 Å². The van der Waals surface area contributed by atoms with Crippen LogP contribution in [0.3, 0.4) is 0 Å². The standard InChI is InChI=1S/C13H19N7O3/c1-13(2,3)20-5-8(14-17-20)4-18-7-10-15-16-12(23)19(10)6-9(18)11(21)22/h5,9H,4,6-7H2,1-3H3,(H,16,23)(H,21,22). The van der Waals surface area contributed by atoms with Crippen LogP contribution < -0.4 is 5.69 Å². The van der Waals surface area contributed by atoms with Crippen LogP contribution in [0.25, 0.3) is 0 Å². The zero-order chi connectivity index (χ0) is 16.8. The fourth-order valence-corrected chi connectivity index (χ4v) is 2.55. The number of hydrogen-bond donors (Lipinski definition) is 2. The van der Waals surface area contributed by atoms with Crippen molar-refractivity contribution in [3.05, 3.63) is 28.2 Å². The first kappa shape index (κ1) is 15.4. The van der Waals surface area contributed by atoms with Crippen LogP contribution in [0, 0.1) is 0 Å². The largest absolute Gasteiger partial charge is 0.480 e. The van der Waals surface area contributed by atoms with E-state index in [4.69, 9.17) is 0 Å². The van der Waals surface area contributed by atoms with Crippen LogP contribution in [0.2, 0.25) is 0 Å². The predicted octanol–water partition coefficient (Wildman–Crippen LogP) is -0.613. The molecule has 1 aliphatic heterocycles. The molecule has 0 aromatic carbocycles. The van der Waals surface area contributed by atoms with Gasteiger partial charge in [0.1, 0.15) is 11.9 Å². The van der Waals surface area contributed by atoms with E-state index in [0.29, 0.717) is 18.1 Å². The third-order valence-electron chi connectivity index (χ3n) is 3.86. The first-order valence-corrected chi connectivity index (χ1v) is 7.28. The van der Waals surface area contributed by atoms with Gasteiger partial charge in [-0.3, -0.25) is 14.3 Å². The van der Waals surface area contributed by atoms with Crippen molar-refractivity contribution < 1.29 is 9.90 Å². The molecule has 10 nitrogen and oxygen atoms in total. The Bertz CT molecular complexity index is 782. The lowest BCUT2D eigenvalue weighted by atomic mass is 10.1. The van der Waals surface area contributed by atoms with Crippen molar-refractivity contribution in [2.24, 2.45) is 0 Å². The Balaban J connectivity index is 1.84. The van der Waals surface area contributed by atoms with E-state index in [1.807, 2.05) is 27.0 Å². The highest BCUT2D eigenvalue weighted by atomic mass is 16.4. The summed E-state index contributed by atoms with van der Waals surface area (Å²) in [6, 6.07) is -0.808. The van der Waals surface area contributed by atoms with Gasteiger partial charge in [0.05, 0.1) is 30.5 Å². The average Bonchev–Trinajstić information content (AvgIpc) is 3.05. The number of aliphatic carboxylic acids is 1. The van der Waals surface area contributed by atoms with Gasteiger partial charge in [-0.25, -0.2) is 14.6 Å². The molecule has 0 fully saturated rings. The second kappa shape index (κ2) is 5.30. The van der Waals surface area contributed by atoms with Crippen LogP contribution in [0.15, 0.2) is 11.0 Å². The summed E-state index contributed by atoms with van der Waals surface area (Å²) >= 11 is 0. The molecular weight excluding hydrogens is 302 g/mol. The summed E-state index contributed by atoms with van der Waals surface area (Å²) in [6.07, 6.45) is 1.81. The number of hydrogen-bond acceptors (Lipinski definition) is 6. The number of nitrogens with zero attached hydrogens (tertiary/aromatic N) is 6. The molecule has 3 heterocycles. The number of carboxylic acids is 1. The molecule has 0 radical (unpaired) electrons. The second-order valence-electron chi connectivity index (χ2n) is 6.64. The van der Waals surface area contributed by atoms with Crippen LogP contribution >= 0.6 is 0 Å². The molecule has 0 amide bonds. The van der Waals surface area contributed by atoms with Gasteiger partial charge in [0.2, 0.25) is 0 Å². The number of rotatable bonds is 3. The number of H-pyrrole nitrogens is 1. The van der Waals surface area contributed by atoms with Gasteiger partial charge < -0.3 is 5.11 Å². The van der Waals surface area contributed by atoms with E-state index in [1.165, 1.54) is 4.57 Å². The summed E-state index contributed by atoms with van der Waals surface area (Å²) in [5, 5.41) is 23.9. The number of nitrogens with one attached hydrogen (secondary N) is 1. The fraction of sp³-hybridized carbons (Fsp3) is 0.615. The Hall–Kier alpha value is -2.49. The molecule has 10 heteroatoms. The lowest BCUT2D eigenvalue weighted by Crippen LogP contribution is -2.49. The van der Waals surface area contributed by atoms with Crippen LogP contribution in [-0.2, 0) is 30.0 Å². The van der Waals surface area contributed by atoms with E-state index in [2.05, 4.69) is 20.5 Å². The van der Waals surface area contributed by atoms with Crippen LogP contribution in [-0.4, -0.2) is 51.8 Å². The van der Waals surface area contributed by atoms with Crippen LogP contribution in [0.1, 0.15) is 32.3 Å². The van der Waals surface area contributed by atoms with Gasteiger partial charge in [-0.05, 0) is 20.8 Å². The van der Waals surface area contributed by atoms with Crippen LogP contribution in [0.5, 0.6) is 0 Å². The molecule has 1 unspecified atom stereocenters. The number of aromatic amines is 1. The van der Waals surface area contributed by atoms with E-state index in [0.717, 1.165) is 0 Å². The molecule has 3 rings (SSSR count). The van der Waals surface area contributed by atoms with Crippen molar-refractivity contribution in [3.63, 3.8) is 0 Å². The molecule has 2 aromatic heterocycles. The van der Waals surface area contributed by atoms with Gasteiger partial charge in [0.15, 0.2) is 0 Å². The monoisotopic (exact) mass is 321 g/mol. The lowest BCUT2D eigenvalue weighted by molar-refractivity contribution is -0.145. The summed E-state index contributed by atoms with van der Waals surface area (Å²) in [6.45, 7) is 6.68. The van der Waals surface area contributed by atoms with Gasteiger partial charge in [-0.1, -0.05) is 5.21 Å². The molecule has 0 bridgehead atoms. The Labute approximate surface area is 131 Å². The number of carbonyl (C=O) groups is 1. The van der Waals surface area contributed by atoms with Gasteiger partial charge in [-0.15, -0.1) is 5.10 Å². The zero-order valence-electron chi connectivity index (χ0n) is 13.2. The molecule has 0 spiro atoms. The SMILES string of the molecule is CC(C)(C)n1cc(CN2Cc3n[nH]c(=O)n3CC2C(=O)O)nn1. The van der Waals surface area contributed by atoms with Gasteiger partial charge in [-0.2, -0.15) is 5.10 Å². The first-order valence-electron chi connectivity index (χ1n) is 7.28. The maximum absolute atomic E-state index is 11.6. The van der Waals surface area contributed by atoms with Crippen molar-refractivity contribution >= 4 is 5.97 Å². The van der Waals surface area contributed by atoms with E-state index in [9.17, 15) is 14.7 Å². The number of carboxylic acid groups (broad SMARTS) is 1. The van der Waals surface area contributed by atoms with Gasteiger partial charge >= 0.3 is 11.7 Å². The van der Waals surface area contributed by atoms with E-state index in [-0.39, 0.29) is 24.3 Å². The Morgan fingerprint density at radius 2 is 2.22 bits per heavy atom. The number of fused-ring (bicyclic) bond motifs is 1. The van der Waals surface area contributed by atoms with E-state index in [1.54, 1.807) is 9.58 Å². The quantitative estimate of drug-likeness (QED) is 0.773. The topological polar surface area (TPSA) is 122 Å². The summed E-state index contributed by atoms with van der Waals surface area (Å²) in [4.78, 5) is 24.9. The second-order valence-corrected chi connectivity index (χ2v) is 6.64. The van der Waals surface area contributed by atoms with E-state index < -0.39 is 12.0 Å². The molecule has 2 N–H and O–H groups in total. The van der Waals surface area contributed by atoms with Gasteiger partial charge in [0, 0.05) is 6.54 Å². The zero-order valence-corrected chi connectivity index (χ0v) is 13.2. The third kappa shape index (κ3) is 2.89. The highest BCUT2D eigenvalue weighted by molar-refractivity contribution is 5.73. The summed E-state index contributed by atoms with van der Waals surface area (Å²) in [5.74, 6) is -0.456. The molecular formula is C13H19N7O3. The molecule has 1 atom stereocenters. The Morgan fingerprint density at radius 3 is 2.83 bits per heavy atom. The minimum Gasteiger partial charge on any atom is -0.480 e. The van der Waals surface area contributed by atoms with Crippen molar-refractivity contribution in [1.29, 1.82) is 0 Å². The Kier molecular flexibility index (Phi) is 3.55. The maximum Gasteiger partial charge on any atom is 0.343 e. The molecule has 124 valence electrons. The van der Waals surface area contributed by atoms with Crippen LogP contribution in [0.4, 0.5) is 0 Å². The maximum atomic E-state index is 11.6. The highest BCUT2D eigenvalue weighted by Crippen LogP contribution is 2.18. The average molecular weight is 321 g/mol. The lowest BCUT2D eigenvalue weighted by Gasteiger charge is -2.31. The van der Waals surface area contributed by atoms with Crippen molar-refractivity contribution in [2.45, 2.75) is 52.0 Å². The molecule has 2 aromatic rings. The molecule has 0 aliphatic carbocycles. The summed E-state index contributed by atoms with van der Waals surface area (Å²) in [7, 11) is 0. The smallest absolute Gasteiger partial charge is 0.343 e. The fourth-order valence-electron chi connectivity index (χ4n) is 2.55. The minimum absolute atomic E-state index is 0.0629. The number of aromatic nitrogens is 6. The molecule has 23 heavy (non-hydrogen) atoms. The van der Waals surface area contributed by atoms with Gasteiger partial charge in [0.25, 0.3) is 0 Å². The summed E-state index contributed by atoms with van der Waals surface area (Å²) in [5.41, 5.74) is 0.101. The Morgan fingerprint density at radius 1 is 1.48 bits per heavy atom. The normalized spacial score (nSPS) is 18.8. The van der Waals surface area contributed by atoms with E-state index >= 15 is 0 Å². The molecule has 0 saturated heterocycles. The third-order valence-corrected chi connectivity index (χ3v) is 3.86. The molecule has 1 aliphatic rings. The van der Waals surface area contributed by atoms with Crippen molar-refractivity contribution in [1.82, 2.24) is 34.7 Å². The van der Waals surface area contributed by atoms with Crippen molar-refractivity contribution in [2.75, 3.05) is 0 Å². The molecule has 0 saturated carbocycles. The first-order chi connectivity index (χ1) is 10.8. The summed E-state index contributed by atoms with van der Waals surface area (Å²) < 4.78 is 3.10. The highest BCUT2D eigenvalue weighted by Gasteiger charge is 2.34. The predicted molar refractivity (Wildman–Crippen MR) is 78.5 cm³/mol.